The first-order chi connectivity index (χ1) is 18.8. The Balaban J connectivity index is 1.62. The summed E-state index contributed by atoms with van der Waals surface area (Å²) in [6, 6.07) is 16.2. The normalized spacial score (nSPS) is 15.1. The zero-order chi connectivity index (χ0) is 27.7. The maximum absolute atomic E-state index is 13.7. The van der Waals surface area contributed by atoms with Gasteiger partial charge >= 0.3 is 5.97 Å². The Morgan fingerprint density at radius 3 is 2.67 bits per heavy atom. The number of nitro groups is 1. The summed E-state index contributed by atoms with van der Waals surface area (Å²) in [7, 11) is 1.43. The molecule has 1 unspecified atom stereocenters. The van der Waals surface area contributed by atoms with Crippen LogP contribution in [0.4, 0.5) is 5.69 Å². The van der Waals surface area contributed by atoms with Crippen molar-refractivity contribution in [1.29, 1.82) is 0 Å². The molecule has 0 radical (unpaired) electrons. The van der Waals surface area contributed by atoms with Gasteiger partial charge in [-0.2, -0.15) is 0 Å². The second-order valence-electron chi connectivity index (χ2n) is 8.56. The standard InChI is InChI=1S/C28H23N3O7S/c1-4-37-27(33)24-16(2)29-28-30(25(24)17-8-6-5-7-9-17)26(32)23(39-28)15-19-11-13-22(38-19)20-12-10-18(36-3)14-21(20)31(34)35/h5-15,25H,4H2,1-3H3. The average Bonchev–Trinajstić information content (AvgIpc) is 3.52. The summed E-state index contributed by atoms with van der Waals surface area (Å²) >= 11 is 1.16. The van der Waals surface area contributed by atoms with Crippen molar-refractivity contribution in [3.05, 3.63) is 113 Å². The van der Waals surface area contributed by atoms with Crippen molar-refractivity contribution in [3.63, 3.8) is 0 Å². The Labute approximate surface area is 225 Å². The number of rotatable bonds is 7. The molecule has 0 saturated carbocycles. The molecule has 1 aliphatic rings. The van der Waals surface area contributed by atoms with Crippen molar-refractivity contribution in [3.8, 4) is 17.1 Å². The maximum Gasteiger partial charge on any atom is 0.338 e. The number of nitrogens with zero attached hydrogens (tertiary/aromatic N) is 3. The van der Waals surface area contributed by atoms with Crippen molar-refractivity contribution in [2.75, 3.05) is 13.7 Å². The number of carbonyl (C=O) groups is 1. The van der Waals surface area contributed by atoms with E-state index in [1.54, 1.807) is 44.2 Å². The summed E-state index contributed by atoms with van der Waals surface area (Å²) in [5, 5.41) is 11.6. The predicted octanol–water partition coefficient (Wildman–Crippen LogP) is 3.98. The molecule has 0 fully saturated rings. The first-order valence-corrected chi connectivity index (χ1v) is 12.8. The fourth-order valence-corrected chi connectivity index (χ4v) is 5.47. The first kappa shape index (κ1) is 25.9. The Hall–Kier alpha value is -4.77. The summed E-state index contributed by atoms with van der Waals surface area (Å²) in [5.41, 5.74) is 1.28. The smallest absolute Gasteiger partial charge is 0.338 e. The van der Waals surface area contributed by atoms with Crippen molar-refractivity contribution in [1.82, 2.24) is 4.57 Å². The third kappa shape index (κ3) is 4.79. The number of ether oxygens (including phenoxy) is 2. The molecule has 4 aromatic rings. The summed E-state index contributed by atoms with van der Waals surface area (Å²) in [4.78, 5) is 42.7. The molecule has 1 atom stereocenters. The molecule has 3 heterocycles. The topological polar surface area (TPSA) is 126 Å². The van der Waals surface area contributed by atoms with Crippen LogP contribution in [0.2, 0.25) is 0 Å². The summed E-state index contributed by atoms with van der Waals surface area (Å²) in [6.07, 6.45) is 1.56. The van der Waals surface area contributed by atoms with E-state index in [-0.39, 0.29) is 29.2 Å². The van der Waals surface area contributed by atoms with E-state index in [1.165, 1.54) is 17.7 Å². The molecule has 11 heteroatoms. The maximum atomic E-state index is 13.7. The van der Waals surface area contributed by atoms with Crippen LogP contribution < -0.4 is 19.6 Å². The number of benzene rings is 2. The number of hydrogen-bond donors (Lipinski definition) is 0. The zero-order valence-electron chi connectivity index (χ0n) is 21.2. The zero-order valence-corrected chi connectivity index (χ0v) is 22.1. The molecule has 39 heavy (non-hydrogen) atoms. The van der Waals surface area contributed by atoms with Crippen LogP contribution in [0.25, 0.3) is 17.4 Å². The van der Waals surface area contributed by atoms with Crippen LogP contribution in [0.3, 0.4) is 0 Å². The average molecular weight is 546 g/mol. The van der Waals surface area contributed by atoms with Crippen molar-refractivity contribution in [2.24, 2.45) is 4.99 Å². The fourth-order valence-electron chi connectivity index (χ4n) is 4.44. The van der Waals surface area contributed by atoms with Crippen LogP contribution in [-0.4, -0.2) is 29.2 Å². The SMILES string of the molecule is CCOC(=O)C1=C(C)N=c2sc(=Cc3ccc(-c4ccc(OC)cc4[N+](=O)[O-])o3)c(=O)n2C1c1ccccc1. The number of furan rings is 1. The van der Waals surface area contributed by atoms with E-state index in [1.807, 2.05) is 30.3 Å². The van der Waals surface area contributed by atoms with Gasteiger partial charge in [-0.05, 0) is 43.7 Å². The van der Waals surface area contributed by atoms with Crippen molar-refractivity contribution >= 4 is 29.1 Å². The van der Waals surface area contributed by atoms with Crippen molar-refractivity contribution in [2.45, 2.75) is 19.9 Å². The van der Waals surface area contributed by atoms with Gasteiger partial charge in [0.15, 0.2) is 4.80 Å². The highest BCUT2D eigenvalue weighted by molar-refractivity contribution is 7.07. The van der Waals surface area contributed by atoms with Crippen LogP contribution in [-0.2, 0) is 9.53 Å². The highest BCUT2D eigenvalue weighted by Gasteiger charge is 2.33. The number of nitro benzene ring substituents is 1. The molecule has 5 rings (SSSR count). The molecular weight excluding hydrogens is 522 g/mol. The van der Waals surface area contributed by atoms with Gasteiger partial charge in [0.05, 0.1) is 52.1 Å². The van der Waals surface area contributed by atoms with Gasteiger partial charge in [-0.15, -0.1) is 0 Å². The van der Waals surface area contributed by atoms with E-state index >= 15 is 0 Å². The fraction of sp³-hybridized carbons (Fsp3) is 0.179. The van der Waals surface area contributed by atoms with Gasteiger partial charge in [0, 0.05) is 6.08 Å². The first-order valence-electron chi connectivity index (χ1n) is 12.0. The Morgan fingerprint density at radius 1 is 1.21 bits per heavy atom. The molecule has 1 aliphatic heterocycles. The molecule has 0 amide bonds. The molecule has 0 aliphatic carbocycles. The minimum Gasteiger partial charge on any atom is -0.497 e. The molecule has 2 aromatic heterocycles. The molecular formula is C28H23N3O7S. The second-order valence-corrected chi connectivity index (χ2v) is 9.56. The summed E-state index contributed by atoms with van der Waals surface area (Å²) in [5.74, 6) is 0.423. The van der Waals surface area contributed by atoms with Crippen LogP contribution in [0.15, 0.2) is 86.1 Å². The highest BCUT2D eigenvalue weighted by atomic mass is 32.1. The Morgan fingerprint density at radius 2 is 1.97 bits per heavy atom. The number of esters is 1. The lowest BCUT2D eigenvalue weighted by Gasteiger charge is -2.24. The monoisotopic (exact) mass is 545 g/mol. The van der Waals surface area contributed by atoms with Crippen LogP contribution in [0, 0.1) is 10.1 Å². The quantitative estimate of drug-likeness (QED) is 0.195. The van der Waals surface area contributed by atoms with Gasteiger partial charge in [0.2, 0.25) is 0 Å². The van der Waals surface area contributed by atoms with E-state index in [9.17, 15) is 19.7 Å². The minimum atomic E-state index is -0.710. The van der Waals surface area contributed by atoms with Gasteiger partial charge < -0.3 is 13.9 Å². The molecule has 2 aromatic carbocycles. The number of methoxy groups -OCH3 is 1. The molecule has 198 valence electrons. The third-order valence-electron chi connectivity index (χ3n) is 6.20. The molecule has 0 saturated heterocycles. The van der Waals surface area contributed by atoms with Gasteiger partial charge in [0.25, 0.3) is 11.2 Å². The van der Waals surface area contributed by atoms with Crippen LogP contribution in [0.1, 0.15) is 31.2 Å². The minimum absolute atomic E-state index is 0.167. The van der Waals surface area contributed by atoms with Gasteiger partial charge in [0.1, 0.15) is 17.3 Å². The lowest BCUT2D eigenvalue weighted by molar-refractivity contribution is -0.384. The van der Waals surface area contributed by atoms with Gasteiger partial charge in [-0.1, -0.05) is 41.7 Å². The van der Waals surface area contributed by atoms with Gasteiger partial charge in [-0.25, -0.2) is 9.79 Å². The Kier molecular flexibility index (Phi) is 6.99. The summed E-state index contributed by atoms with van der Waals surface area (Å²) < 4.78 is 18.1. The third-order valence-corrected chi connectivity index (χ3v) is 7.18. The lowest BCUT2D eigenvalue weighted by atomic mass is 9.96. The number of fused-ring (bicyclic) bond motifs is 1. The lowest BCUT2D eigenvalue weighted by Crippen LogP contribution is -2.39. The highest BCUT2D eigenvalue weighted by Crippen LogP contribution is 2.34. The van der Waals surface area contributed by atoms with E-state index in [0.717, 1.165) is 16.9 Å². The van der Waals surface area contributed by atoms with E-state index in [4.69, 9.17) is 13.9 Å². The van der Waals surface area contributed by atoms with E-state index < -0.39 is 16.9 Å². The number of carbonyl (C=O) groups excluding carboxylic acids is 1. The number of aromatic nitrogens is 1. The number of hydrogen-bond acceptors (Lipinski definition) is 9. The van der Waals surface area contributed by atoms with E-state index in [2.05, 4.69) is 4.99 Å². The number of thiazole rings is 1. The van der Waals surface area contributed by atoms with Crippen LogP contribution in [0.5, 0.6) is 5.75 Å². The number of allylic oxidation sites excluding steroid dienone is 1. The van der Waals surface area contributed by atoms with E-state index in [0.29, 0.717) is 32.1 Å². The second kappa shape index (κ2) is 10.5. The molecule has 10 nitrogen and oxygen atoms in total. The predicted molar refractivity (Wildman–Crippen MR) is 144 cm³/mol. The Bertz CT molecular complexity index is 1800. The molecule has 0 bridgehead atoms. The van der Waals surface area contributed by atoms with Crippen LogP contribution >= 0.6 is 11.3 Å². The molecule has 0 N–H and O–H groups in total. The van der Waals surface area contributed by atoms with Gasteiger partial charge in [-0.3, -0.25) is 19.5 Å². The van der Waals surface area contributed by atoms with Crippen molar-refractivity contribution < 1.29 is 23.6 Å². The molecule has 0 spiro atoms. The largest absolute Gasteiger partial charge is 0.497 e. The summed E-state index contributed by atoms with van der Waals surface area (Å²) in [6.45, 7) is 3.63.